The fraction of sp³-hybridized carbons (Fsp3) is 1.00. The Kier molecular flexibility index (Phi) is 14.1. The number of hydrogen-bond donors (Lipinski definition) is 0. The Morgan fingerprint density at radius 1 is 0.750 bits per heavy atom. The van der Waals surface area contributed by atoms with E-state index in [2.05, 4.69) is 6.92 Å². The van der Waals surface area contributed by atoms with Gasteiger partial charge in [0.1, 0.15) is 0 Å². The van der Waals surface area contributed by atoms with Gasteiger partial charge in [-0.05, 0) is 19.3 Å². The lowest BCUT2D eigenvalue weighted by Crippen LogP contribution is -2.03. The molecule has 1 aliphatic rings. The SMILES string of the molecule is CCCCCCCCCCCCOOP1(=O)OCCCCCCO1. The van der Waals surface area contributed by atoms with E-state index in [9.17, 15) is 4.57 Å². The Hall–Kier alpha value is 0.0700. The third-order valence-electron chi connectivity index (χ3n) is 4.26. The topological polar surface area (TPSA) is 54.0 Å². The summed E-state index contributed by atoms with van der Waals surface area (Å²) < 4.78 is 27.7. The molecule has 0 aliphatic carbocycles. The molecule has 1 rings (SSSR count). The van der Waals surface area contributed by atoms with Crippen LogP contribution < -0.4 is 0 Å². The molecule has 1 saturated heterocycles. The minimum atomic E-state index is -3.51. The Morgan fingerprint density at radius 3 is 1.79 bits per heavy atom. The van der Waals surface area contributed by atoms with E-state index < -0.39 is 7.82 Å². The maximum Gasteiger partial charge on any atom is 0.502 e. The Morgan fingerprint density at radius 2 is 1.25 bits per heavy atom. The normalized spacial score (nSPS) is 18.7. The summed E-state index contributed by atoms with van der Waals surface area (Å²) >= 11 is 0. The second kappa shape index (κ2) is 15.3. The van der Waals surface area contributed by atoms with Crippen molar-refractivity contribution in [1.29, 1.82) is 0 Å². The first kappa shape index (κ1) is 22.1. The van der Waals surface area contributed by atoms with Crippen molar-refractivity contribution in [2.45, 2.75) is 96.8 Å². The summed E-state index contributed by atoms with van der Waals surface area (Å²) in [6.07, 6.45) is 16.6. The van der Waals surface area contributed by atoms with Crippen LogP contribution in [0.3, 0.4) is 0 Å². The van der Waals surface area contributed by atoms with E-state index in [0.717, 1.165) is 38.5 Å². The fourth-order valence-corrected chi connectivity index (χ4v) is 3.81. The largest absolute Gasteiger partial charge is 0.502 e. The van der Waals surface area contributed by atoms with Gasteiger partial charge in [-0.2, -0.15) is 0 Å². The first-order valence-corrected chi connectivity index (χ1v) is 11.4. The molecule has 6 heteroatoms. The van der Waals surface area contributed by atoms with Crippen LogP contribution in [0.4, 0.5) is 0 Å². The molecule has 5 nitrogen and oxygen atoms in total. The van der Waals surface area contributed by atoms with Crippen LogP contribution in [-0.4, -0.2) is 19.8 Å². The van der Waals surface area contributed by atoms with E-state index in [-0.39, 0.29) is 0 Å². The Balaban J connectivity index is 1.92. The van der Waals surface area contributed by atoms with Gasteiger partial charge in [-0.3, -0.25) is 9.05 Å². The molecule has 144 valence electrons. The van der Waals surface area contributed by atoms with E-state index in [0.29, 0.717) is 19.8 Å². The van der Waals surface area contributed by atoms with Crippen molar-refractivity contribution in [2.24, 2.45) is 0 Å². The second-order valence-electron chi connectivity index (χ2n) is 6.61. The Bertz CT molecular complexity index is 311. The van der Waals surface area contributed by atoms with Crippen molar-refractivity contribution >= 4 is 7.82 Å². The summed E-state index contributed by atoms with van der Waals surface area (Å²) in [4.78, 5) is 5.07. The van der Waals surface area contributed by atoms with Crippen LogP contribution in [0.1, 0.15) is 96.8 Å². The van der Waals surface area contributed by atoms with Gasteiger partial charge in [0.05, 0.1) is 19.8 Å². The first-order chi connectivity index (χ1) is 11.8. The van der Waals surface area contributed by atoms with Gasteiger partial charge >= 0.3 is 7.82 Å². The molecule has 1 fully saturated rings. The molecular weight excluding hydrogens is 327 g/mol. The van der Waals surface area contributed by atoms with E-state index in [4.69, 9.17) is 18.6 Å². The van der Waals surface area contributed by atoms with Gasteiger partial charge in [-0.1, -0.05) is 77.6 Å². The summed E-state index contributed by atoms with van der Waals surface area (Å²) in [6.45, 7) is 3.49. The number of phosphoric ester groups is 1. The third-order valence-corrected chi connectivity index (χ3v) is 5.55. The minimum Gasteiger partial charge on any atom is -0.285 e. The second-order valence-corrected chi connectivity index (χ2v) is 8.17. The molecule has 0 saturated carbocycles. The monoisotopic (exact) mass is 364 g/mol. The first-order valence-electron chi connectivity index (χ1n) is 9.97. The highest BCUT2D eigenvalue weighted by atomic mass is 31.2. The molecule has 0 aromatic carbocycles. The lowest BCUT2D eigenvalue weighted by Gasteiger charge is -2.15. The summed E-state index contributed by atoms with van der Waals surface area (Å²) in [5.41, 5.74) is 0. The lowest BCUT2D eigenvalue weighted by molar-refractivity contribution is -0.227. The smallest absolute Gasteiger partial charge is 0.285 e. The molecule has 0 N–H and O–H groups in total. The molecule has 0 aromatic rings. The number of phosphoric acid groups is 1. The summed E-state index contributed by atoms with van der Waals surface area (Å²) in [5, 5.41) is 0. The molecule has 0 bridgehead atoms. The van der Waals surface area contributed by atoms with E-state index in [1.807, 2.05) is 0 Å². The molecular formula is C18H37O5P. The van der Waals surface area contributed by atoms with E-state index >= 15 is 0 Å². The lowest BCUT2D eigenvalue weighted by atomic mass is 10.1. The molecule has 0 spiro atoms. The molecule has 1 aliphatic heterocycles. The van der Waals surface area contributed by atoms with Crippen LogP contribution in [0.15, 0.2) is 0 Å². The van der Waals surface area contributed by atoms with Gasteiger partial charge in [0.25, 0.3) is 0 Å². The van der Waals surface area contributed by atoms with Gasteiger partial charge in [0.15, 0.2) is 0 Å². The molecule has 0 unspecified atom stereocenters. The standard InChI is InChI=1S/C18H37O5P/c1-2-3-4-5-6-7-8-9-10-13-16-20-23-24(19)21-17-14-11-12-15-18-22-24/h2-18H2,1H3. The molecule has 0 radical (unpaired) electrons. The molecule has 1 heterocycles. The van der Waals surface area contributed by atoms with Crippen LogP contribution in [0.5, 0.6) is 0 Å². The average Bonchev–Trinajstić information content (AvgIpc) is 2.68. The third kappa shape index (κ3) is 12.4. The van der Waals surface area contributed by atoms with Crippen molar-refractivity contribution in [1.82, 2.24) is 0 Å². The van der Waals surface area contributed by atoms with Crippen LogP contribution in [0, 0.1) is 0 Å². The molecule has 0 atom stereocenters. The van der Waals surface area contributed by atoms with Crippen LogP contribution in [0.25, 0.3) is 0 Å². The zero-order chi connectivity index (χ0) is 17.3. The highest BCUT2D eigenvalue weighted by Crippen LogP contribution is 2.50. The van der Waals surface area contributed by atoms with Gasteiger partial charge in [-0.25, -0.2) is 9.45 Å². The maximum atomic E-state index is 12.2. The summed E-state index contributed by atoms with van der Waals surface area (Å²) in [6, 6.07) is 0. The highest BCUT2D eigenvalue weighted by molar-refractivity contribution is 7.48. The van der Waals surface area contributed by atoms with Gasteiger partial charge in [0.2, 0.25) is 0 Å². The number of hydrogen-bond acceptors (Lipinski definition) is 5. The molecule has 0 aromatic heterocycles. The quantitative estimate of drug-likeness (QED) is 0.160. The van der Waals surface area contributed by atoms with Gasteiger partial charge < -0.3 is 0 Å². The predicted molar refractivity (Wildman–Crippen MR) is 96.9 cm³/mol. The van der Waals surface area contributed by atoms with Crippen molar-refractivity contribution in [3.8, 4) is 0 Å². The van der Waals surface area contributed by atoms with Crippen LogP contribution in [-0.2, 0) is 23.2 Å². The summed E-state index contributed by atoms with van der Waals surface area (Å²) in [7, 11) is -3.51. The number of rotatable bonds is 13. The zero-order valence-corrected chi connectivity index (χ0v) is 16.4. The molecule has 0 amide bonds. The summed E-state index contributed by atoms with van der Waals surface area (Å²) in [5.74, 6) is 0. The predicted octanol–water partition coefficient (Wildman–Crippen LogP) is 6.57. The van der Waals surface area contributed by atoms with Gasteiger partial charge in [0, 0.05) is 0 Å². The average molecular weight is 364 g/mol. The zero-order valence-electron chi connectivity index (χ0n) is 15.5. The Labute approximate surface area is 148 Å². The minimum absolute atomic E-state index is 0.402. The van der Waals surface area contributed by atoms with E-state index in [1.54, 1.807) is 0 Å². The fourth-order valence-electron chi connectivity index (χ4n) is 2.74. The van der Waals surface area contributed by atoms with E-state index in [1.165, 1.54) is 51.4 Å². The van der Waals surface area contributed by atoms with Crippen LogP contribution in [0.2, 0.25) is 0 Å². The maximum absolute atomic E-state index is 12.2. The van der Waals surface area contributed by atoms with Crippen molar-refractivity contribution in [3.05, 3.63) is 0 Å². The van der Waals surface area contributed by atoms with Gasteiger partial charge in [-0.15, -0.1) is 4.67 Å². The van der Waals surface area contributed by atoms with Crippen molar-refractivity contribution in [2.75, 3.05) is 19.8 Å². The highest BCUT2D eigenvalue weighted by Gasteiger charge is 2.28. The molecule has 24 heavy (non-hydrogen) atoms. The van der Waals surface area contributed by atoms with Crippen molar-refractivity contribution in [3.63, 3.8) is 0 Å². The van der Waals surface area contributed by atoms with Crippen molar-refractivity contribution < 1.29 is 23.2 Å². The number of unbranched alkanes of at least 4 members (excludes halogenated alkanes) is 9. The van der Waals surface area contributed by atoms with Crippen LogP contribution >= 0.6 is 7.82 Å².